The zero-order chi connectivity index (χ0) is 21.7. The Hall–Kier alpha value is -2.26. The van der Waals surface area contributed by atoms with Gasteiger partial charge in [-0.15, -0.1) is 0 Å². The molecule has 2 atom stereocenters. The number of hydrogen-bond acceptors (Lipinski definition) is 6. The summed E-state index contributed by atoms with van der Waals surface area (Å²) >= 11 is 0. The minimum absolute atomic E-state index is 0.207. The van der Waals surface area contributed by atoms with Crippen LogP contribution in [-0.2, 0) is 19.6 Å². The molecule has 30 heavy (non-hydrogen) atoms. The first-order chi connectivity index (χ1) is 14.3. The van der Waals surface area contributed by atoms with E-state index < -0.39 is 28.1 Å². The lowest BCUT2D eigenvalue weighted by Gasteiger charge is -2.39. The molecule has 1 N–H and O–H groups in total. The van der Waals surface area contributed by atoms with Crippen molar-refractivity contribution in [2.75, 3.05) is 32.8 Å². The van der Waals surface area contributed by atoms with Crippen LogP contribution in [0, 0.1) is 6.92 Å². The van der Waals surface area contributed by atoms with Gasteiger partial charge < -0.3 is 9.84 Å². The Morgan fingerprint density at radius 1 is 1.03 bits per heavy atom. The Morgan fingerprint density at radius 2 is 1.63 bits per heavy atom. The molecule has 0 bridgehead atoms. The third kappa shape index (κ3) is 4.89. The van der Waals surface area contributed by atoms with E-state index in [1.807, 2.05) is 13.0 Å². The molecule has 3 rings (SSSR count). The maximum absolute atomic E-state index is 12.9. The number of carbonyl (C=O) groups excluding carboxylic acids is 1. The number of aliphatic hydroxyl groups is 1. The molecular formula is C22H28N2O5S. The summed E-state index contributed by atoms with van der Waals surface area (Å²) in [5.41, 5.74) is 1.61. The lowest BCUT2D eigenvalue weighted by Crippen LogP contribution is -2.55. The van der Waals surface area contributed by atoms with Crippen molar-refractivity contribution in [1.82, 2.24) is 9.21 Å². The molecule has 0 aliphatic carbocycles. The molecule has 0 radical (unpaired) electrons. The van der Waals surface area contributed by atoms with E-state index in [2.05, 4.69) is 0 Å². The fourth-order valence-electron chi connectivity index (χ4n) is 3.62. The first-order valence-corrected chi connectivity index (χ1v) is 11.5. The summed E-state index contributed by atoms with van der Waals surface area (Å²) in [5, 5.41) is 10.9. The highest BCUT2D eigenvalue weighted by Crippen LogP contribution is 2.25. The third-order valence-electron chi connectivity index (χ3n) is 5.29. The number of hydrogen-bond donors (Lipinski definition) is 1. The van der Waals surface area contributed by atoms with Gasteiger partial charge in [0.05, 0.1) is 11.5 Å². The molecule has 8 heteroatoms. The quantitative estimate of drug-likeness (QED) is 0.673. The standard InChI is InChI=1S/C22H28N2O5S/c1-3-29-22(26)20(21(25)18-7-5-4-6-8-18)23-13-15-24(16-14-23)30(27,28)19-11-9-17(2)10-12-19/h4-12,20-21,25H,3,13-16H2,1-2H3/t20-,21-/m0/s1. The van der Waals surface area contributed by atoms with Crippen LogP contribution in [0.2, 0.25) is 0 Å². The summed E-state index contributed by atoms with van der Waals surface area (Å²) in [6.07, 6.45) is -1.06. The summed E-state index contributed by atoms with van der Waals surface area (Å²) < 4.78 is 32.5. The van der Waals surface area contributed by atoms with E-state index in [0.29, 0.717) is 18.7 Å². The number of benzene rings is 2. The van der Waals surface area contributed by atoms with Crippen LogP contribution in [-0.4, -0.2) is 67.5 Å². The van der Waals surface area contributed by atoms with Crippen molar-refractivity contribution in [1.29, 1.82) is 0 Å². The molecule has 0 unspecified atom stereocenters. The van der Waals surface area contributed by atoms with Crippen molar-refractivity contribution in [3.63, 3.8) is 0 Å². The average Bonchev–Trinajstić information content (AvgIpc) is 2.75. The minimum Gasteiger partial charge on any atom is -0.465 e. The van der Waals surface area contributed by atoms with E-state index in [9.17, 15) is 18.3 Å². The minimum atomic E-state index is -3.60. The maximum Gasteiger partial charge on any atom is 0.326 e. The fraction of sp³-hybridized carbons (Fsp3) is 0.409. The molecule has 162 valence electrons. The van der Waals surface area contributed by atoms with E-state index in [1.165, 1.54) is 4.31 Å². The molecule has 1 aliphatic rings. The normalized spacial score (nSPS) is 18.0. The Balaban J connectivity index is 1.75. The number of piperazine rings is 1. The Labute approximate surface area is 177 Å². The molecule has 1 aliphatic heterocycles. The zero-order valence-electron chi connectivity index (χ0n) is 17.3. The van der Waals surface area contributed by atoms with Gasteiger partial charge >= 0.3 is 5.97 Å². The van der Waals surface area contributed by atoms with Crippen molar-refractivity contribution in [3.05, 3.63) is 65.7 Å². The molecule has 7 nitrogen and oxygen atoms in total. The number of sulfonamides is 1. The second kappa shape index (κ2) is 9.70. The molecular weight excluding hydrogens is 404 g/mol. The lowest BCUT2D eigenvalue weighted by molar-refractivity contribution is -0.155. The van der Waals surface area contributed by atoms with Gasteiger partial charge in [0.25, 0.3) is 0 Å². The van der Waals surface area contributed by atoms with Gasteiger partial charge in [-0.3, -0.25) is 9.69 Å². The Kier molecular flexibility index (Phi) is 7.25. The highest BCUT2D eigenvalue weighted by atomic mass is 32.2. The molecule has 1 saturated heterocycles. The number of rotatable bonds is 7. The van der Waals surface area contributed by atoms with Crippen molar-refractivity contribution < 1.29 is 23.1 Å². The van der Waals surface area contributed by atoms with Crippen LogP contribution in [0.1, 0.15) is 24.2 Å². The molecule has 1 fully saturated rings. The van der Waals surface area contributed by atoms with Gasteiger partial charge in [0.15, 0.2) is 0 Å². The predicted octanol–water partition coefficient (Wildman–Crippen LogP) is 1.97. The lowest BCUT2D eigenvalue weighted by atomic mass is 10.0. The number of ether oxygens (including phenoxy) is 1. The van der Waals surface area contributed by atoms with Gasteiger partial charge in [0, 0.05) is 26.2 Å². The summed E-state index contributed by atoms with van der Waals surface area (Å²) in [4.78, 5) is 14.7. The van der Waals surface area contributed by atoms with Gasteiger partial charge in [-0.1, -0.05) is 48.0 Å². The van der Waals surface area contributed by atoms with E-state index in [-0.39, 0.29) is 24.6 Å². The second-order valence-electron chi connectivity index (χ2n) is 7.31. The highest BCUT2D eigenvalue weighted by molar-refractivity contribution is 7.89. The van der Waals surface area contributed by atoms with Crippen molar-refractivity contribution in [3.8, 4) is 0 Å². The van der Waals surface area contributed by atoms with Gasteiger partial charge in [0.2, 0.25) is 10.0 Å². The van der Waals surface area contributed by atoms with E-state index in [1.54, 1.807) is 60.4 Å². The number of esters is 1. The van der Waals surface area contributed by atoms with Crippen molar-refractivity contribution in [2.45, 2.75) is 30.9 Å². The van der Waals surface area contributed by atoms with Crippen LogP contribution in [0.25, 0.3) is 0 Å². The van der Waals surface area contributed by atoms with E-state index in [0.717, 1.165) is 5.56 Å². The SMILES string of the molecule is CCOC(=O)[C@H]([C@@H](O)c1ccccc1)N1CCN(S(=O)(=O)c2ccc(C)cc2)CC1. The van der Waals surface area contributed by atoms with Crippen LogP contribution in [0.4, 0.5) is 0 Å². The highest BCUT2D eigenvalue weighted by Gasteiger charge is 2.38. The van der Waals surface area contributed by atoms with Crippen LogP contribution in [0.5, 0.6) is 0 Å². The van der Waals surface area contributed by atoms with E-state index >= 15 is 0 Å². The number of aryl methyl sites for hydroxylation is 1. The molecule has 2 aromatic carbocycles. The fourth-order valence-corrected chi connectivity index (χ4v) is 5.04. The van der Waals surface area contributed by atoms with Gasteiger partial charge in [0.1, 0.15) is 12.1 Å². The van der Waals surface area contributed by atoms with Crippen LogP contribution >= 0.6 is 0 Å². The summed E-state index contributed by atoms with van der Waals surface area (Å²) in [5.74, 6) is -0.510. The Morgan fingerprint density at radius 3 is 2.20 bits per heavy atom. The van der Waals surface area contributed by atoms with Crippen LogP contribution < -0.4 is 0 Å². The molecule has 0 amide bonds. The first-order valence-electron chi connectivity index (χ1n) is 10.0. The largest absolute Gasteiger partial charge is 0.465 e. The second-order valence-corrected chi connectivity index (χ2v) is 9.24. The van der Waals surface area contributed by atoms with Crippen LogP contribution in [0.3, 0.4) is 0 Å². The maximum atomic E-state index is 12.9. The van der Waals surface area contributed by atoms with E-state index in [4.69, 9.17) is 4.74 Å². The number of nitrogens with zero attached hydrogens (tertiary/aromatic N) is 2. The number of carbonyl (C=O) groups is 1. The molecule has 0 saturated carbocycles. The smallest absolute Gasteiger partial charge is 0.326 e. The third-order valence-corrected chi connectivity index (χ3v) is 7.21. The summed E-state index contributed by atoms with van der Waals surface area (Å²) in [6, 6.07) is 14.8. The first kappa shape index (κ1) is 22.4. The topological polar surface area (TPSA) is 87.2 Å². The van der Waals surface area contributed by atoms with Crippen molar-refractivity contribution in [2.24, 2.45) is 0 Å². The molecule has 0 aromatic heterocycles. The van der Waals surface area contributed by atoms with Crippen LogP contribution in [0.15, 0.2) is 59.5 Å². The molecule has 1 heterocycles. The summed E-state index contributed by atoms with van der Waals surface area (Å²) in [7, 11) is -3.60. The predicted molar refractivity (Wildman–Crippen MR) is 113 cm³/mol. The zero-order valence-corrected chi connectivity index (χ0v) is 18.1. The summed E-state index contributed by atoms with van der Waals surface area (Å²) in [6.45, 7) is 4.93. The molecule has 0 spiro atoms. The van der Waals surface area contributed by atoms with Crippen molar-refractivity contribution >= 4 is 16.0 Å². The average molecular weight is 433 g/mol. The monoisotopic (exact) mass is 432 g/mol. The van der Waals surface area contributed by atoms with Gasteiger partial charge in [-0.25, -0.2) is 8.42 Å². The Bertz CT molecular complexity index is 939. The van der Waals surface area contributed by atoms with Gasteiger partial charge in [-0.05, 0) is 31.5 Å². The number of aliphatic hydroxyl groups excluding tert-OH is 1. The molecule has 2 aromatic rings. The van der Waals surface area contributed by atoms with Gasteiger partial charge in [-0.2, -0.15) is 4.31 Å².